The Labute approximate surface area is 134 Å². The van der Waals surface area contributed by atoms with Crippen LogP contribution in [0.1, 0.15) is 6.92 Å². The first-order valence-corrected chi connectivity index (χ1v) is 7.91. The van der Waals surface area contributed by atoms with Crippen LogP contribution in [0.3, 0.4) is 0 Å². The zero-order valence-corrected chi connectivity index (χ0v) is 13.2. The van der Waals surface area contributed by atoms with Crippen LogP contribution in [0.15, 0.2) is 45.4 Å². The normalized spacial score (nSPS) is 10.8. The van der Waals surface area contributed by atoms with Crippen LogP contribution in [0, 0.1) is 0 Å². The molecule has 118 valence electrons. The Morgan fingerprint density at radius 3 is 2.74 bits per heavy atom. The van der Waals surface area contributed by atoms with Crippen molar-refractivity contribution in [3.8, 4) is 0 Å². The molecule has 3 rings (SSSR count). The first-order chi connectivity index (χ1) is 11.1. The number of benzene rings is 1. The minimum Gasteiger partial charge on any atom is -0.300 e. The lowest BCUT2D eigenvalue weighted by molar-refractivity contribution is -0.116. The second kappa shape index (κ2) is 6.17. The van der Waals surface area contributed by atoms with Gasteiger partial charge < -0.3 is 5.32 Å². The van der Waals surface area contributed by atoms with Crippen molar-refractivity contribution in [1.82, 2.24) is 14.1 Å². The first-order valence-electron chi connectivity index (χ1n) is 7.03. The number of amides is 1. The van der Waals surface area contributed by atoms with E-state index in [1.54, 1.807) is 42.8 Å². The van der Waals surface area contributed by atoms with Gasteiger partial charge in [-0.1, -0.05) is 12.1 Å². The molecule has 0 aliphatic heterocycles. The Kier molecular flexibility index (Phi) is 4.07. The molecule has 0 aliphatic carbocycles. The fourth-order valence-electron chi connectivity index (χ4n) is 2.39. The second-order valence-corrected chi connectivity index (χ2v) is 5.72. The number of nitrogens with zero attached hydrogens (tertiary/aromatic N) is 3. The van der Waals surface area contributed by atoms with E-state index in [0.29, 0.717) is 16.0 Å². The summed E-state index contributed by atoms with van der Waals surface area (Å²) in [7, 11) is 0. The molecule has 1 N–H and O–H groups in total. The van der Waals surface area contributed by atoms with Crippen LogP contribution in [-0.2, 0) is 17.9 Å². The molecule has 0 radical (unpaired) electrons. The highest BCUT2D eigenvalue weighted by Crippen LogP contribution is 2.11. The van der Waals surface area contributed by atoms with Crippen molar-refractivity contribution < 1.29 is 4.79 Å². The van der Waals surface area contributed by atoms with E-state index < -0.39 is 5.69 Å². The third kappa shape index (κ3) is 2.80. The number of anilines is 1. The highest BCUT2D eigenvalue weighted by molar-refractivity contribution is 7.13. The topological polar surface area (TPSA) is 86.0 Å². The van der Waals surface area contributed by atoms with E-state index in [2.05, 4.69) is 10.3 Å². The highest BCUT2D eigenvalue weighted by Gasteiger charge is 2.14. The molecule has 0 spiro atoms. The molecule has 3 aromatic rings. The van der Waals surface area contributed by atoms with Crippen molar-refractivity contribution in [2.75, 3.05) is 5.32 Å². The average Bonchev–Trinajstić information content (AvgIpc) is 3.05. The van der Waals surface area contributed by atoms with Crippen molar-refractivity contribution in [1.29, 1.82) is 0 Å². The molecule has 1 amide bonds. The van der Waals surface area contributed by atoms with Crippen LogP contribution < -0.4 is 16.6 Å². The quantitative estimate of drug-likeness (QED) is 0.781. The lowest BCUT2D eigenvalue weighted by atomic mass is 10.2. The van der Waals surface area contributed by atoms with Gasteiger partial charge in [0.1, 0.15) is 6.54 Å². The summed E-state index contributed by atoms with van der Waals surface area (Å²) in [6, 6.07) is 6.77. The number of carbonyl (C=O) groups excluding carboxylic acids is 1. The smallest absolute Gasteiger partial charge is 0.300 e. The molecule has 0 atom stereocenters. The van der Waals surface area contributed by atoms with Gasteiger partial charge in [0.25, 0.3) is 5.56 Å². The Morgan fingerprint density at radius 2 is 2.04 bits per heavy atom. The number of aromatic nitrogens is 3. The van der Waals surface area contributed by atoms with Gasteiger partial charge in [0.15, 0.2) is 5.13 Å². The number of carbonyl (C=O) groups is 1. The van der Waals surface area contributed by atoms with Crippen LogP contribution >= 0.6 is 11.3 Å². The summed E-state index contributed by atoms with van der Waals surface area (Å²) < 4.78 is 2.43. The van der Waals surface area contributed by atoms with Gasteiger partial charge in [0, 0.05) is 18.1 Å². The average molecular weight is 330 g/mol. The summed E-state index contributed by atoms with van der Waals surface area (Å²) in [5, 5.41) is 5.26. The van der Waals surface area contributed by atoms with Gasteiger partial charge in [0.05, 0.1) is 10.9 Å². The lowest BCUT2D eigenvalue weighted by Crippen LogP contribution is -2.41. The molecule has 8 heteroatoms. The Bertz CT molecular complexity index is 973. The second-order valence-electron chi connectivity index (χ2n) is 4.82. The van der Waals surface area contributed by atoms with E-state index in [-0.39, 0.29) is 24.6 Å². The number of rotatable bonds is 4. The predicted molar refractivity (Wildman–Crippen MR) is 88.9 cm³/mol. The maximum absolute atomic E-state index is 12.5. The Balaban J connectivity index is 2.08. The SMILES string of the molecule is CCn1c(=O)c2ccccc2n(CC(=O)Nc2nccs2)c1=O. The summed E-state index contributed by atoms with van der Waals surface area (Å²) in [5.74, 6) is -0.367. The van der Waals surface area contributed by atoms with Crippen LogP contribution in [0.4, 0.5) is 5.13 Å². The minimum atomic E-state index is -0.495. The molecule has 0 aliphatic rings. The summed E-state index contributed by atoms with van der Waals surface area (Å²) in [6.07, 6.45) is 1.58. The standard InChI is InChI=1S/C15H14N4O3S/c1-2-18-13(21)10-5-3-4-6-11(10)19(15(18)22)9-12(20)17-14-16-7-8-23-14/h3-8H,2,9H2,1H3,(H,16,17,20). The molecule has 7 nitrogen and oxygen atoms in total. The van der Waals surface area contributed by atoms with E-state index >= 15 is 0 Å². The number of hydrogen-bond donors (Lipinski definition) is 1. The number of hydrogen-bond acceptors (Lipinski definition) is 5. The van der Waals surface area contributed by atoms with Gasteiger partial charge >= 0.3 is 5.69 Å². The molecular formula is C15H14N4O3S. The fourth-order valence-corrected chi connectivity index (χ4v) is 2.94. The number of thiazole rings is 1. The first kappa shape index (κ1) is 15.2. The maximum atomic E-state index is 12.5. The van der Waals surface area contributed by atoms with Crippen LogP contribution in [0.2, 0.25) is 0 Å². The Morgan fingerprint density at radius 1 is 1.26 bits per heavy atom. The summed E-state index contributed by atoms with van der Waals surface area (Å²) in [4.78, 5) is 41.0. The van der Waals surface area contributed by atoms with E-state index in [1.165, 1.54) is 15.9 Å². The molecule has 0 saturated carbocycles. The zero-order chi connectivity index (χ0) is 16.4. The third-order valence-electron chi connectivity index (χ3n) is 3.43. The molecule has 1 aromatic carbocycles. The summed E-state index contributed by atoms with van der Waals surface area (Å²) in [6.45, 7) is 1.79. The van der Waals surface area contributed by atoms with Crippen LogP contribution in [-0.4, -0.2) is 20.0 Å². The molecule has 23 heavy (non-hydrogen) atoms. The molecule has 2 aromatic heterocycles. The summed E-state index contributed by atoms with van der Waals surface area (Å²) in [5.41, 5.74) is -0.392. The van der Waals surface area contributed by atoms with Crippen LogP contribution in [0.5, 0.6) is 0 Å². The van der Waals surface area contributed by atoms with E-state index in [0.717, 1.165) is 4.57 Å². The largest absolute Gasteiger partial charge is 0.331 e. The number of para-hydroxylation sites is 1. The lowest BCUT2D eigenvalue weighted by Gasteiger charge is -2.12. The van der Waals surface area contributed by atoms with Crippen molar-refractivity contribution in [3.05, 3.63) is 56.7 Å². The minimum absolute atomic E-state index is 0.181. The summed E-state index contributed by atoms with van der Waals surface area (Å²) >= 11 is 1.29. The molecule has 2 heterocycles. The molecule has 0 unspecified atom stereocenters. The van der Waals surface area contributed by atoms with E-state index in [1.807, 2.05) is 0 Å². The monoisotopic (exact) mass is 330 g/mol. The van der Waals surface area contributed by atoms with Gasteiger partial charge in [-0.25, -0.2) is 9.78 Å². The van der Waals surface area contributed by atoms with Gasteiger partial charge in [-0.3, -0.25) is 18.7 Å². The maximum Gasteiger partial charge on any atom is 0.331 e. The molecule has 0 bridgehead atoms. The molecule has 0 saturated heterocycles. The van der Waals surface area contributed by atoms with Crippen molar-refractivity contribution in [2.24, 2.45) is 0 Å². The van der Waals surface area contributed by atoms with Gasteiger partial charge in [-0.15, -0.1) is 11.3 Å². The van der Waals surface area contributed by atoms with Gasteiger partial charge in [-0.2, -0.15) is 0 Å². The van der Waals surface area contributed by atoms with Crippen molar-refractivity contribution in [3.63, 3.8) is 0 Å². The zero-order valence-electron chi connectivity index (χ0n) is 12.4. The molecular weight excluding hydrogens is 316 g/mol. The van der Waals surface area contributed by atoms with Crippen molar-refractivity contribution in [2.45, 2.75) is 20.0 Å². The van der Waals surface area contributed by atoms with E-state index in [9.17, 15) is 14.4 Å². The number of nitrogens with one attached hydrogen (secondary N) is 1. The van der Waals surface area contributed by atoms with Crippen LogP contribution in [0.25, 0.3) is 10.9 Å². The van der Waals surface area contributed by atoms with Gasteiger partial charge in [-0.05, 0) is 19.1 Å². The third-order valence-corrected chi connectivity index (χ3v) is 4.12. The molecule has 0 fully saturated rings. The van der Waals surface area contributed by atoms with Crippen molar-refractivity contribution >= 4 is 33.3 Å². The highest BCUT2D eigenvalue weighted by atomic mass is 32.1. The number of fused-ring (bicyclic) bond motifs is 1. The predicted octanol–water partition coefficient (Wildman–Crippen LogP) is 1.28. The Hall–Kier alpha value is -2.74. The van der Waals surface area contributed by atoms with E-state index in [4.69, 9.17) is 0 Å². The fraction of sp³-hybridized carbons (Fsp3) is 0.200. The van der Waals surface area contributed by atoms with Gasteiger partial charge in [0.2, 0.25) is 5.91 Å².